The molecule has 148 valence electrons. The van der Waals surface area contributed by atoms with E-state index in [0.29, 0.717) is 22.6 Å². The van der Waals surface area contributed by atoms with Crippen molar-refractivity contribution in [3.63, 3.8) is 0 Å². The quantitative estimate of drug-likeness (QED) is 0.510. The highest BCUT2D eigenvalue weighted by Crippen LogP contribution is 2.16. The van der Waals surface area contributed by atoms with Gasteiger partial charge in [-0.15, -0.1) is 0 Å². The molecule has 2 amide bonds. The lowest BCUT2D eigenvalue weighted by Gasteiger charge is -2.14. The minimum absolute atomic E-state index is 0.0277. The standard InChI is InChI=1S/C20H23N3O4S/c1-4-13(2)27-17-7-5-6-15(12-17)18(24)21-20(28)23-22-19(25)14-8-10-16(26-3)11-9-14/h5-13H,4H2,1-3H3,(H,22,25)(H2,21,23,24,28). The van der Waals surface area contributed by atoms with Gasteiger partial charge in [0.05, 0.1) is 13.2 Å². The lowest BCUT2D eigenvalue weighted by atomic mass is 10.2. The molecule has 0 saturated carbocycles. The average Bonchev–Trinajstić information content (AvgIpc) is 2.72. The molecule has 0 heterocycles. The monoisotopic (exact) mass is 401 g/mol. The first kappa shape index (κ1) is 21.2. The molecule has 8 heteroatoms. The van der Waals surface area contributed by atoms with Crippen molar-refractivity contribution in [3.05, 3.63) is 59.7 Å². The van der Waals surface area contributed by atoms with Crippen molar-refractivity contribution in [2.24, 2.45) is 0 Å². The van der Waals surface area contributed by atoms with E-state index in [9.17, 15) is 9.59 Å². The molecule has 0 bridgehead atoms. The van der Waals surface area contributed by atoms with Crippen molar-refractivity contribution in [1.29, 1.82) is 0 Å². The van der Waals surface area contributed by atoms with Crippen molar-refractivity contribution in [2.45, 2.75) is 26.4 Å². The first-order valence-corrected chi connectivity index (χ1v) is 9.16. The Kier molecular flexibility index (Phi) is 7.76. The number of hydrogen-bond acceptors (Lipinski definition) is 5. The molecule has 0 aliphatic heterocycles. The topological polar surface area (TPSA) is 88.7 Å². The van der Waals surface area contributed by atoms with Crippen molar-refractivity contribution >= 4 is 29.1 Å². The van der Waals surface area contributed by atoms with Crippen LogP contribution < -0.4 is 25.6 Å². The normalized spacial score (nSPS) is 11.1. The molecule has 0 aliphatic rings. The number of thiocarbonyl (C=S) groups is 1. The Labute approximate surface area is 169 Å². The number of amides is 2. The fraction of sp³-hybridized carbons (Fsp3) is 0.250. The molecule has 1 unspecified atom stereocenters. The van der Waals surface area contributed by atoms with E-state index in [1.807, 2.05) is 13.8 Å². The minimum Gasteiger partial charge on any atom is -0.497 e. The van der Waals surface area contributed by atoms with E-state index in [4.69, 9.17) is 21.7 Å². The second-order valence-corrected chi connectivity index (χ2v) is 6.36. The molecular weight excluding hydrogens is 378 g/mol. The average molecular weight is 401 g/mol. The van der Waals surface area contributed by atoms with Crippen LogP contribution in [0.3, 0.4) is 0 Å². The Bertz CT molecular complexity index is 840. The van der Waals surface area contributed by atoms with E-state index in [1.165, 1.54) is 0 Å². The SMILES string of the molecule is CCC(C)Oc1cccc(C(=O)NC(=S)NNC(=O)c2ccc(OC)cc2)c1. The van der Waals surface area contributed by atoms with Gasteiger partial charge in [-0.1, -0.05) is 13.0 Å². The number of ether oxygens (including phenoxy) is 2. The molecule has 0 radical (unpaired) electrons. The molecule has 3 N–H and O–H groups in total. The third-order valence-electron chi connectivity index (χ3n) is 3.88. The van der Waals surface area contributed by atoms with Gasteiger partial charge in [0.2, 0.25) is 0 Å². The predicted octanol–water partition coefficient (Wildman–Crippen LogP) is 2.82. The highest BCUT2D eigenvalue weighted by molar-refractivity contribution is 7.80. The maximum atomic E-state index is 12.3. The Morgan fingerprint density at radius 3 is 2.36 bits per heavy atom. The summed E-state index contributed by atoms with van der Waals surface area (Å²) >= 11 is 5.05. The van der Waals surface area contributed by atoms with Crippen molar-refractivity contribution in [1.82, 2.24) is 16.2 Å². The Hall–Kier alpha value is -3.13. The summed E-state index contributed by atoms with van der Waals surface area (Å²) in [6, 6.07) is 13.4. The van der Waals surface area contributed by atoms with Crippen molar-refractivity contribution < 1.29 is 19.1 Å². The number of hydrazine groups is 1. The number of benzene rings is 2. The highest BCUT2D eigenvalue weighted by atomic mass is 32.1. The Morgan fingerprint density at radius 2 is 1.71 bits per heavy atom. The Morgan fingerprint density at radius 1 is 1.00 bits per heavy atom. The summed E-state index contributed by atoms with van der Waals surface area (Å²) in [5.41, 5.74) is 5.74. The van der Waals surface area contributed by atoms with Gasteiger partial charge < -0.3 is 9.47 Å². The fourth-order valence-electron chi connectivity index (χ4n) is 2.16. The lowest BCUT2D eigenvalue weighted by molar-refractivity contribution is 0.0934. The van der Waals surface area contributed by atoms with Crippen LogP contribution in [0.5, 0.6) is 11.5 Å². The van der Waals surface area contributed by atoms with Gasteiger partial charge in [-0.25, -0.2) is 0 Å². The zero-order valence-electron chi connectivity index (χ0n) is 15.9. The summed E-state index contributed by atoms with van der Waals surface area (Å²) in [7, 11) is 1.55. The number of rotatable bonds is 6. The van der Waals surface area contributed by atoms with Crippen LogP contribution in [0.2, 0.25) is 0 Å². The molecule has 1 atom stereocenters. The smallest absolute Gasteiger partial charge is 0.269 e. The van der Waals surface area contributed by atoms with E-state index < -0.39 is 11.8 Å². The second-order valence-electron chi connectivity index (χ2n) is 5.96. The maximum Gasteiger partial charge on any atom is 0.269 e. The van der Waals surface area contributed by atoms with Crippen LogP contribution in [0.4, 0.5) is 0 Å². The molecule has 0 saturated heterocycles. The van der Waals surface area contributed by atoms with E-state index in [2.05, 4.69) is 16.2 Å². The van der Waals surface area contributed by atoms with Gasteiger partial charge in [-0.2, -0.15) is 0 Å². The molecule has 0 spiro atoms. The molecule has 2 aromatic carbocycles. The molecule has 0 aromatic heterocycles. The van der Waals surface area contributed by atoms with Gasteiger partial charge in [0.25, 0.3) is 11.8 Å². The van der Waals surface area contributed by atoms with Crippen LogP contribution in [0.1, 0.15) is 41.0 Å². The highest BCUT2D eigenvalue weighted by Gasteiger charge is 2.11. The summed E-state index contributed by atoms with van der Waals surface area (Å²) in [6.45, 7) is 3.98. The van der Waals surface area contributed by atoms with E-state index >= 15 is 0 Å². The maximum absolute atomic E-state index is 12.3. The third-order valence-corrected chi connectivity index (χ3v) is 4.08. The van der Waals surface area contributed by atoms with E-state index in [0.717, 1.165) is 6.42 Å². The first-order chi connectivity index (χ1) is 13.4. The van der Waals surface area contributed by atoms with Crippen molar-refractivity contribution in [3.8, 4) is 11.5 Å². The van der Waals surface area contributed by atoms with Gasteiger partial charge in [0.15, 0.2) is 5.11 Å². The van der Waals surface area contributed by atoms with Crippen LogP contribution in [0.25, 0.3) is 0 Å². The fourth-order valence-corrected chi connectivity index (χ4v) is 2.30. The molecule has 0 aliphatic carbocycles. The minimum atomic E-state index is -0.411. The largest absolute Gasteiger partial charge is 0.497 e. The molecule has 2 aromatic rings. The molecule has 2 rings (SSSR count). The van der Waals surface area contributed by atoms with E-state index in [1.54, 1.807) is 55.6 Å². The zero-order valence-corrected chi connectivity index (χ0v) is 16.8. The predicted molar refractivity (Wildman–Crippen MR) is 110 cm³/mol. The van der Waals surface area contributed by atoms with E-state index in [-0.39, 0.29) is 11.2 Å². The number of hydrogen-bond donors (Lipinski definition) is 3. The first-order valence-electron chi connectivity index (χ1n) is 8.75. The molecule has 0 fully saturated rings. The van der Waals surface area contributed by atoms with Gasteiger partial charge in [-0.05, 0) is 68.0 Å². The van der Waals surface area contributed by atoms with Crippen molar-refractivity contribution in [2.75, 3.05) is 7.11 Å². The summed E-state index contributed by atoms with van der Waals surface area (Å²) in [5, 5.41) is 2.48. The summed E-state index contributed by atoms with van der Waals surface area (Å²) in [4.78, 5) is 24.4. The molecule has 28 heavy (non-hydrogen) atoms. The van der Waals surface area contributed by atoms with Crippen LogP contribution in [-0.2, 0) is 0 Å². The second kappa shape index (κ2) is 10.3. The zero-order chi connectivity index (χ0) is 20.5. The molecular formula is C20H23N3O4S. The Balaban J connectivity index is 1.87. The van der Waals surface area contributed by atoms with Crippen LogP contribution in [0, 0.1) is 0 Å². The third kappa shape index (κ3) is 6.24. The number of methoxy groups -OCH3 is 1. The summed E-state index contributed by atoms with van der Waals surface area (Å²) in [5.74, 6) is 0.439. The molecule has 7 nitrogen and oxygen atoms in total. The van der Waals surface area contributed by atoms with Crippen LogP contribution in [0.15, 0.2) is 48.5 Å². The van der Waals surface area contributed by atoms with Crippen LogP contribution in [-0.4, -0.2) is 30.1 Å². The summed E-state index contributed by atoms with van der Waals surface area (Å²) < 4.78 is 10.8. The number of carbonyl (C=O) groups excluding carboxylic acids is 2. The summed E-state index contributed by atoms with van der Waals surface area (Å²) in [6.07, 6.45) is 0.910. The van der Waals surface area contributed by atoms with Gasteiger partial charge in [0, 0.05) is 11.1 Å². The van der Waals surface area contributed by atoms with Gasteiger partial charge >= 0.3 is 0 Å². The number of nitrogens with one attached hydrogen (secondary N) is 3. The van der Waals surface area contributed by atoms with Gasteiger partial charge in [-0.3, -0.25) is 25.8 Å². The number of carbonyl (C=O) groups is 2. The lowest BCUT2D eigenvalue weighted by Crippen LogP contribution is -2.48. The van der Waals surface area contributed by atoms with Crippen LogP contribution >= 0.6 is 12.2 Å². The van der Waals surface area contributed by atoms with Gasteiger partial charge in [0.1, 0.15) is 11.5 Å².